The second kappa shape index (κ2) is 9.70. The summed E-state index contributed by atoms with van der Waals surface area (Å²) in [7, 11) is 0. The molecule has 0 saturated carbocycles. The lowest BCUT2D eigenvalue weighted by Gasteiger charge is -2.50. The zero-order valence-electron chi connectivity index (χ0n) is 20.8. The number of ether oxygens (including phenoxy) is 1. The van der Waals surface area contributed by atoms with Crippen molar-refractivity contribution < 1.29 is 9.53 Å². The van der Waals surface area contributed by atoms with Crippen LogP contribution in [-0.4, -0.2) is 24.1 Å². The molecule has 0 aliphatic carbocycles. The van der Waals surface area contributed by atoms with Gasteiger partial charge in [-0.25, -0.2) is 0 Å². The van der Waals surface area contributed by atoms with Gasteiger partial charge in [0.1, 0.15) is 17.4 Å². The van der Waals surface area contributed by atoms with E-state index in [4.69, 9.17) is 4.74 Å². The van der Waals surface area contributed by atoms with Gasteiger partial charge in [0.05, 0.1) is 6.61 Å². The fraction of sp³-hybridized carbons (Fsp3) is 0.429. The van der Waals surface area contributed by atoms with Gasteiger partial charge in [0.2, 0.25) is 0 Å². The van der Waals surface area contributed by atoms with Crippen molar-refractivity contribution >= 4 is 23.4 Å². The minimum atomic E-state index is -0.420. The Bertz CT molecular complexity index is 1090. The molecule has 5 nitrogen and oxygen atoms in total. The van der Waals surface area contributed by atoms with E-state index in [1.807, 2.05) is 13.8 Å². The third-order valence-corrected chi connectivity index (χ3v) is 6.27. The first kappa shape index (κ1) is 24.4. The molecule has 0 spiro atoms. The highest BCUT2D eigenvalue weighted by Crippen LogP contribution is 2.45. The first-order chi connectivity index (χ1) is 15.6. The van der Waals surface area contributed by atoms with Gasteiger partial charge in [-0.05, 0) is 113 Å². The predicted octanol–water partition coefficient (Wildman–Crippen LogP) is 6.44. The second-order valence-electron chi connectivity index (χ2n) is 9.73. The number of fused-ring (bicyclic) bond motifs is 1. The van der Waals surface area contributed by atoms with Crippen LogP contribution in [0.4, 0.5) is 11.4 Å². The first-order valence-corrected chi connectivity index (χ1v) is 11.7. The van der Waals surface area contributed by atoms with E-state index in [0.29, 0.717) is 24.3 Å². The lowest BCUT2D eigenvalue weighted by Crippen LogP contribution is -2.51. The number of hydrogen-bond donors (Lipinski definition) is 1. The topological polar surface area (TPSA) is 65.4 Å². The van der Waals surface area contributed by atoms with Gasteiger partial charge in [0.25, 0.3) is 5.91 Å². The highest BCUT2D eigenvalue weighted by Gasteiger charge is 2.37. The van der Waals surface area contributed by atoms with Crippen molar-refractivity contribution in [1.82, 2.24) is 0 Å². The molecule has 1 atom stereocenters. The minimum Gasteiger partial charge on any atom is -0.494 e. The van der Waals surface area contributed by atoms with E-state index >= 15 is 0 Å². The normalized spacial score (nSPS) is 17.4. The van der Waals surface area contributed by atoms with E-state index in [0.717, 1.165) is 23.3 Å². The maximum absolute atomic E-state index is 12.8. The van der Waals surface area contributed by atoms with E-state index in [1.165, 1.54) is 11.3 Å². The Morgan fingerprint density at radius 2 is 1.97 bits per heavy atom. The summed E-state index contributed by atoms with van der Waals surface area (Å²) in [5, 5.41) is 12.5. The van der Waals surface area contributed by atoms with Crippen LogP contribution in [0, 0.1) is 18.3 Å². The quantitative estimate of drug-likeness (QED) is 0.410. The third-order valence-electron chi connectivity index (χ3n) is 6.27. The SMILES string of the molecule is CCOc1ccc(NC(=O)/C(C#N)=C\c2cc3c(cc2C)N(C(C)C)C(C)(C)C[C@H]3C)cc1. The number of nitrogens with one attached hydrogen (secondary N) is 1. The average molecular weight is 446 g/mol. The summed E-state index contributed by atoms with van der Waals surface area (Å²) in [5.74, 6) is 0.710. The molecule has 174 valence electrons. The Kier molecular flexibility index (Phi) is 7.17. The van der Waals surface area contributed by atoms with Crippen LogP contribution in [0.1, 0.15) is 70.6 Å². The van der Waals surface area contributed by atoms with Gasteiger partial charge in [-0.2, -0.15) is 5.26 Å². The van der Waals surface area contributed by atoms with Crippen LogP contribution in [0.3, 0.4) is 0 Å². The van der Waals surface area contributed by atoms with Gasteiger partial charge in [-0.15, -0.1) is 0 Å². The zero-order valence-corrected chi connectivity index (χ0v) is 20.8. The van der Waals surface area contributed by atoms with E-state index in [9.17, 15) is 10.1 Å². The van der Waals surface area contributed by atoms with Gasteiger partial charge in [0.15, 0.2) is 0 Å². The molecule has 0 aromatic heterocycles. The smallest absolute Gasteiger partial charge is 0.266 e. The van der Waals surface area contributed by atoms with Gasteiger partial charge >= 0.3 is 0 Å². The van der Waals surface area contributed by atoms with E-state index in [1.54, 1.807) is 30.3 Å². The van der Waals surface area contributed by atoms with Crippen LogP contribution in [0.15, 0.2) is 42.0 Å². The Morgan fingerprint density at radius 1 is 1.30 bits per heavy atom. The molecule has 0 bridgehead atoms. The largest absolute Gasteiger partial charge is 0.494 e. The summed E-state index contributed by atoms with van der Waals surface area (Å²) in [5.41, 5.74) is 5.24. The molecular weight excluding hydrogens is 410 g/mol. The molecule has 0 saturated heterocycles. The number of anilines is 2. The molecule has 2 aromatic rings. The summed E-state index contributed by atoms with van der Waals surface area (Å²) in [6.45, 7) is 15.8. The number of nitriles is 1. The molecule has 1 aliphatic heterocycles. The van der Waals surface area contributed by atoms with Crippen LogP contribution in [0.5, 0.6) is 5.75 Å². The molecule has 33 heavy (non-hydrogen) atoms. The number of carbonyl (C=O) groups excluding carboxylic acids is 1. The number of hydrogen-bond acceptors (Lipinski definition) is 4. The Balaban J connectivity index is 1.92. The number of nitrogens with zero attached hydrogens (tertiary/aromatic N) is 2. The monoisotopic (exact) mass is 445 g/mol. The number of amides is 1. The second-order valence-corrected chi connectivity index (χ2v) is 9.73. The fourth-order valence-corrected chi connectivity index (χ4v) is 5.05. The summed E-state index contributed by atoms with van der Waals surface area (Å²) in [6.07, 6.45) is 2.75. The molecule has 0 radical (unpaired) electrons. The Morgan fingerprint density at radius 3 is 2.55 bits per heavy atom. The summed E-state index contributed by atoms with van der Waals surface area (Å²) < 4.78 is 5.44. The van der Waals surface area contributed by atoms with Gasteiger partial charge in [0, 0.05) is 23.0 Å². The van der Waals surface area contributed by atoms with Crippen molar-refractivity contribution in [2.24, 2.45) is 0 Å². The van der Waals surface area contributed by atoms with Crippen molar-refractivity contribution in [2.45, 2.75) is 72.4 Å². The van der Waals surface area contributed by atoms with Crippen molar-refractivity contribution in [2.75, 3.05) is 16.8 Å². The maximum Gasteiger partial charge on any atom is 0.266 e. The number of carbonyl (C=O) groups is 1. The van der Waals surface area contributed by atoms with E-state index in [2.05, 4.69) is 63.0 Å². The number of rotatable bonds is 6. The van der Waals surface area contributed by atoms with Crippen molar-refractivity contribution in [3.63, 3.8) is 0 Å². The molecule has 2 aromatic carbocycles. The van der Waals surface area contributed by atoms with Crippen LogP contribution >= 0.6 is 0 Å². The maximum atomic E-state index is 12.8. The summed E-state index contributed by atoms with van der Waals surface area (Å²) in [6, 6.07) is 13.9. The molecule has 1 aliphatic rings. The lowest BCUT2D eigenvalue weighted by molar-refractivity contribution is -0.112. The highest BCUT2D eigenvalue weighted by molar-refractivity contribution is 6.09. The van der Waals surface area contributed by atoms with Gasteiger partial charge < -0.3 is 15.0 Å². The minimum absolute atomic E-state index is 0.0692. The summed E-state index contributed by atoms with van der Waals surface area (Å²) >= 11 is 0. The van der Waals surface area contributed by atoms with Crippen LogP contribution < -0.4 is 15.0 Å². The Labute approximate surface area is 198 Å². The van der Waals surface area contributed by atoms with Crippen molar-refractivity contribution in [3.05, 3.63) is 58.7 Å². The van der Waals surface area contributed by atoms with Gasteiger partial charge in [-0.1, -0.05) is 6.92 Å². The van der Waals surface area contributed by atoms with Crippen molar-refractivity contribution in [3.8, 4) is 11.8 Å². The molecule has 1 amide bonds. The lowest BCUT2D eigenvalue weighted by atomic mass is 9.78. The number of benzene rings is 2. The average Bonchev–Trinajstić information content (AvgIpc) is 2.73. The third kappa shape index (κ3) is 5.22. The molecule has 5 heteroatoms. The van der Waals surface area contributed by atoms with Crippen LogP contribution in [0.2, 0.25) is 0 Å². The molecule has 1 heterocycles. The standard InChI is InChI=1S/C28H35N3O2/c1-8-33-24-11-9-23(10-12-24)30-27(32)22(17-29)14-21-15-25-20(5)16-28(6,7)31(18(2)3)26(25)13-19(21)4/h9-15,18,20H,8,16H2,1-7H3,(H,30,32)/b22-14-/t20-/m1/s1. The fourth-order valence-electron chi connectivity index (χ4n) is 5.05. The van der Waals surface area contributed by atoms with Crippen LogP contribution in [0.25, 0.3) is 6.08 Å². The molecule has 3 rings (SSSR count). The summed E-state index contributed by atoms with van der Waals surface area (Å²) in [4.78, 5) is 15.3. The van der Waals surface area contributed by atoms with Crippen molar-refractivity contribution in [1.29, 1.82) is 5.26 Å². The van der Waals surface area contributed by atoms with Crippen LogP contribution in [-0.2, 0) is 4.79 Å². The Hall–Kier alpha value is -3.26. The molecule has 0 fully saturated rings. The number of aryl methyl sites for hydroxylation is 1. The highest BCUT2D eigenvalue weighted by atomic mass is 16.5. The van der Waals surface area contributed by atoms with Gasteiger partial charge in [-0.3, -0.25) is 4.79 Å². The molecule has 0 unspecified atom stereocenters. The van der Waals surface area contributed by atoms with E-state index < -0.39 is 5.91 Å². The zero-order chi connectivity index (χ0) is 24.3. The molecule has 1 N–H and O–H groups in total. The molecular formula is C28H35N3O2. The predicted molar refractivity (Wildman–Crippen MR) is 136 cm³/mol. The first-order valence-electron chi connectivity index (χ1n) is 11.7. The van der Waals surface area contributed by atoms with E-state index in [-0.39, 0.29) is 11.1 Å².